The van der Waals surface area contributed by atoms with Gasteiger partial charge < -0.3 is 19.9 Å². The van der Waals surface area contributed by atoms with E-state index in [4.69, 9.17) is 19.9 Å². The van der Waals surface area contributed by atoms with Crippen LogP contribution in [0.15, 0.2) is 78.4 Å². The minimum Gasteiger partial charge on any atom is -0.493 e. The summed E-state index contributed by atoms with van der Waals surface area (Å²) in [5.41, 5.74) is 6.54. The lowest BCUT2D eigenvalue weighted by atomic mass is 10.1. The standard InChI is InChI=1S/C27H23N3O7/c1-35-23-14-18(7-12-22(23)37-16-24(28)31)13-21-25(32)29-27(34)30(26(21)33)19-8-10-20(11-9-19)36-15-17-5-3-2-4-6-17/h2-14H,15-16H2,1H3,(H2,28,31)(H,29,32,34). The van der Waals surface area contributed by atoms with Crippen LogP contribution in [0.25, 0.3) is 6.08 Å². The first-order valence-electron chi connectivity index (χ1n) is 11.1. The molecule has 37 heavy (non-hydrogen) atoms. The van der Waals surface area contributed by atoms with Crippen LogP contribution < -0.4 is 30.2 Å². The lowest BCUT2D eigenvalue weighted by Crippen LogP contribution is -2.54. The molecule has 0 spiro atoms. The Labute approximate surface area is 212 Å². The minimum atomic E-state index is -0.863. The number of carbonyl (C=O) groups excluding carboxylic acids is 4. The zero-order valence-corrected chi connectivity index (χ0v) is 19.8. The summed E-state index contributed by atoms with van der Waals surface area (Å²) in [6, 6.07) is 19.7. The lowest BCUT2D eigenvalue weighted by molar-refractivity contribution is -0.123. The number of nitrogens with zero attached hydrogens (tertiary/aromatic N) is 1. The van der Waals surface area contributed by atoms with Gasteiger partial charge in [-0.3, -0.25) is 19.7 Å². The fourth-order valence-corrected chi connectivity index (χ4v) is 3.53. The van der Waals surface area contributed by atoms with Crippen LogP contribution in [0.1, 0.15) is 11.1 Å². The van der Waals surface area contributed by atoms with Gasteiger partial charge in [-0.2, -0.15) is 0 Å². The molecule has 10 nitrogen and oxygen atoms in total. The zero-order valence-electron chi connectivity index (χ0n) is 19.8. The van der Waals surface area contributed by atoms with E-state index in [1.165, 1.54) is 25.3 Å². The molecule has 10 heteroatoms. The molecule has 1 aliphatic rings. The Kier molecular flexibility index (Phi) is 7.48. The van der Waals surface area contributed by atoms with Crippen molar-refractivity contribution < 1.29 is 33.4 Å². The fraction of sp³-hybridized carbons (Fsp3) is 0.111. The van der Waals surface area contributed by atoms with E-state index in [9.17, 15) is 19.2 Å². The zero-order chi connectivity index (χ0) is 26.4. The van der Waals surface area contributed by atoms with E-state index < -0.39 is 23.8 Å². The maximum Gasteiger partial charge on any atom is 0.335 e. The van der Waals surface area contributed by atoms with Crippen molar-refractivity contribution in [3.05, 3.63) is 89.5 Å². The van der Waals surface area contributed by atoms with E-state index in [0.29, 0.717) is 17.9 Å². The van der Waals surface area contributed by atoms with E-state index in [1.54, 1.807) is 30.3 Å². The third-order valence-electron chi connectivity index (χ3n) is 5.31. The van der Waals surface area contributed by atoms with Gasteiger partial charge in [-0.05, 0) is 53.6 Å². The molecule has 188 valence electrons. The number of ether oxygens (including phenoxy) is 3. The lowest BCUT2D eigenvalue weighted by Gasteiger charge is -2.26. The Bertz CT molecular complexity index is 1370. The van der Waals surface area contributed by atoms with Crippen LogP contribution in [0.5, 0.6) is 17.2 Å². The van der Waals surface area contributed by atoms with Crippen LogP contribution in [0.2, 0.25) is 0 Å². The largest absolute Gasteiger partial charge is 0.493 e. The molecule has 1 saturated heterocycles. The Balaban J connectivity index is 1.53. The number of hydrogen-bond donors (Lipinski definition) is 2. The molecule has 0 radical (unpaired) electrons. The van der Waals surface area contributed by atoms with E-state index in [0.717, 1.165) is 10.5 Å². The molecule has 4 rings (SSSR count). The number of anilines is 1. The average Bonchev–Trinajstić information content (AvgIpc) is 2.90. The molecule has 1 heterocycles. The van der Waals surface area contributed by atoms with Gasteiger partial charge in [-0.15, -0.1) is 0 Å². The number of nitrogens with two attached hydrogens (primary N) is 1. The van der Waals surface area contributed by atoms with Crippen LogP contribution in [0, 0.1) is 0 Å². The molecule has 3 aromatic rings. The van der Waals surface area contributed by atoms with Crippen LogP contribution in [0.4, 0.5) is 10.5 Å². The first kappa shape index (κ1) is 25.0. The second-order valence-electron chi connectivity index (χ2n) is 7.89. The van der Waals surface area contributed by atoms with Gasteiger partial charge in [0.2, 0.25) is 0 Å². The number of hydrogen-bond acceptors (Lipinski definition) is 7. The summed E-state index contributed by atoms with van der Waals surface area (Å²) in [7, 11) is 1.40. The number of barbiturate groups is 1. The monoisotopic (exact) mass is 501 g/mol. The molecule has 5 amide bonds. The molecular weight excluding hydrogens is 478 g/mol. The fourth-order valence-electron chi connectivity index (χ4n) is 3.53. The van der Waals surface area contributed by atoms with Crippen molar-refractivity contribution in [2.24, 2.45) is 5.73 Å². The third-order valence-corrected chi connectivity index (χ3v) is 5.31. The molecule has 3 N–H and O–H groups in total. The maximum atomic E-state index is 13.2. The highest BCUT2D eigenvalue weighted by Crippen LogP contribution is 2.30. The number of nitrogens with one attached hydrogen (secondary N) is 1. The van der Waals surface area contributed by atoms with Crippen molar-refractivity contribution in [1.82, 2.24) is 5.32 Å². The number of imide groups is 2. The first-order valence-corrected chi connectivity index (χ1v) is 11.1. The predicted molar refractivity (Wildman–Crippen MR) is 134 cm³/mol. The highest BCUT2D eigenvalue weighted by Gasteiger charge is 2.36. The second-order valence-corrected chi connectivity index (χ2v) is 7.89. The van der Waals surface area contributed by atoms with Crippen LogP contribution in [0.3, 0.4) is 0 Å². The van der Waals surface area contributed by atoms with Crippen molar-refractivity contribution in [2.45, 2.75) is 6.61 Å². The summed E-state index contributed by atoms with van der Waals surface area (Å²) >= 11 is 0. The SMILES string of the molecule is COc1cc(C=C2C(=O)NC(=O)N(c3ccc(OCc4ccccc4)cc3)C2=O)ccc1OCC(N)=O. The number of primary amides is 1. The molecule has 0 aromatic heterocycles. The number of carbonyl (C=O) groups is 4. The highest BCUT2D eigenvalue weighted by molar-refractivity contribution is 6.39. The molecule has 0 bridgehead atoms. The number of amides is 5. The quantitative estimate of drug-likeness (QED) is 0.340. The van der Waals surface area contributed by atoms with Gasteiger partial charge in [-0.25, -0.2) is 9.69 Å². The van der Waals surface area contributed by atoms with Crippen molar-refractivity contribution >= 4 is 35.5 Å². The molecule has 1 aliphatic heterocycles. The maximum absolute atomic E-state index is 13.2. The number of urea groups is 1. The van der Waals surface area contributed by atoms with Gasteiger partial charge in [0.1, 0.15) is 17.9 Å². The molecule has 3 aromatic carbocycles. The number of benzene rings is 3. The predicted octanol–water partition coefficient (Wildman–Crippen LogP) is 2.80. The molecule has 0 atom stereocenters. The van der Waals surface area contributed by atoms with E-state index in [-0.39, 0.29) is 29.4 Å². The van der Waals surface area contributed by atoms with Crippen LogP contribution in [-0.2, 0) is 21.0 Å². The summed E-state index contributed by atoms with van der Waals surface area (Å²) in [6.45, 7) is 0.0192. The summed E-state index contributed by atoms with van der Waals surface area (Å²) in [6.07, 6.45) is 1.33. The smallest absolute Gasteiger partial charge is 0.335 e. The number of methoxy groups -OCH3 is 1. The molecule has 1 fully saturated rings. The van der Waals surface area contributed by atoms with E-state index in [1.807, 2.05) is 30.3 Å². The Morgan fingerprint density at radius 2 is 1.68 bits per heavy atom. The summed E-state index contributed by atoms with van der Waals surface area (Å²) in [5, 5.41) is 2.18. The van der Waals surface area contributed by atoms with Gasteiger partial charge in [0.05, 0.1) is 12.8 Å². The third kappa shape index (κ3) is 5.93. The Morgan fingerprint density at radius 3 is 2.35 bits per heavy atom. The summed E-state index contributed by atoms with van der Waals surface area (Å²) in [5.74, 6) is -1.21. The molecule has 0 saturated carbocycles. The van der Waals surface area contributed by atoms with Gasteiger partial charge in [0, 0.05) is 0 Å². The van der Waals surface area contributed by atoms with Crippen molar-refractivity contribution in [3.63, 3.8) is 0 Å². The minimum absolute atomic E-state index is 0.253. The normalized spacial score (nSPS) is 14.4. The van der Waals surface area contributed by atoms with Gasteiger partial charge in [0.25, 0.3) is 17.7 Å². The van der Waals surface area contributed by atoms with Crippen molar-refractivity contribution in [3.8, 4) is 17.2 Å². The first-order chi connectivity index (χ1) is 17.9. The average molecular weight is 501 g/mol. The van der Waals surface area contributed by atoms with Crippen LogP contribution in [-0.4, -0.2) is 37.5 Å². The van der Waals surface area contributed by atoms with Crippen LogP contribution >= 0.6 is 0 Å². The molecular formula is C27H23N3O7. The van der Waals surface area contributed by atoms with E-state index in [2.05, 4.69) is 5.32 Å². The molecule has 0 unspecified atom stereocenters. The summed E-state index contributed by atoms with van der Waals surface area (Å²) in [4.78, 5) is 50.1. The molecule has 0 aliphatic carbocycles. The van der Waals surface area contributed by atoms with Gasteiger partial charge in [0.15, 0.2) is 18.1 Å². The topological polar surface area (TPSA) is 137 Å². The highest BCUT2D eigenvalue weighted by atomic mass is 16.5. The van der Waals surface area contributed by atoms with Crippen molar-refractivity contribution in [1.29, 1.82) is 0 Å². The Hall–Kier alpha value is -5.12. The van der Waals surface area contributed by atoms with Crippen molar-refractivity contribution in [2.75, 3.05) is 18.6 Å². The second kappa shape index (κ2) is 11.1. The van der Waals surface area contributed by atoms with Gasteiger partial charge >= 0.3 is 6.03 Å². The van der Waals surface area contributed by atoms with E-state index >= 15 is 0 Å². The van der Waals surface area contributed by atoms with Gasteiger partial charge in [-0.1, -0.05) is 36.4 Å². The summed E-state index contributed by atoms with van der Waals surface area (Å²) < 4.78 is 16.3. The Morgan fingerprint density at radius 1 is 0.946 bits per heavy atom. The number of rotatable bonds is 9.